The molecular weight excluding hydrogens is 662 g/mol. The summed E-state index contributed by atoms with van der Waals surface area (Å²) < 4.78 is 2.09. The van der Waals surface area contributed by atoms with E-state index in [1.807, 2.05) is 0 Å². The van der Waals surface area contributed by atoms with Crippen LogP contribution in [0.15, 0.2) is 0 Å². The number of unbranched alkanes of at least 4 members (excludes halogenated alkanes) is 16. The minimum absolute atomic E-state index is 0. The molecule has 0 rings (SSSR count). The van der Waals surface area contributed by atoms with E-state index >= 15 is 0 Å². The predicted octanol–water partition coefficient (Wildman–Crippen LogP) is 7.28. The van der Waals surface area contributed by atoms with E-state index in [1.165, 1.54) is 89.9 Å². The van der Waals surface area contributed by atoms with E-state index in [2.05, 4.69) is 41.5 Å². The molecule has 6 heteroatoms. The molecule has 0 aromatic rings. The molecule has 0 spiro atoms. The summed E-state index contributed by atoms with van der Waals surface area (Å²) in [5.41, 5.74) is 0. The van der Waals surface area contributed by atoms with Crippen LogP contribution in [0.2, 0.25) is 7.87 Å². The van der Waals surface area contributed by atoms with Crippen molar-refractivity contribution >= 4 is 57.0 Å². The average molecular weight is 722 g/mol. The van der Waals surface area contributed by atoms with Gasteiger partial charge in [-0.05, 0) is 25.7 Å². The van der Waals surface area contributed by atoms with E-state index in [0.29, 0.717) is 0 Å². The molecule has 0 saturated heterocycles. The fraction of sp³-hybridized carbons (Fsp3) is 0.933. The molecule has 0 unspecified atom stereocenters. The first kappa shape index (κ1) is 43.6. The first-order valence-corrected chi connectivity index (χ1v) is 18.1. The molecule has 0 radical (unpaired) electrons. The molecule has 0 saturated carbocycles. The maximum absolute atomic E-state index is 10.1. The first-order chi connectivity index (χ1) is 16.7. The van der Waals surface area contributed by atoms with Crippen molar-refractivity contribution in [2.75, 3.05) is 0 Å². The summed E-state index contributed by atoms with van der Waals surface area (Å²) in [7, 11) is 0. The summed E-state index contributed by atoms with van der Waals surface area (Å²) in [5.74, 6) is -1.82. The minimum Gasteiger partial charge on any atom is 4.00 e. The summed E-state index contributed by atoms with van der Waals surface area (Å²) in [5, 5.41) is 20.2. The van der Waals surface area contributed by atoms with Crippen LogP contribution < -0.4 is 10.2 Å². The Labute approximate surface area is 253 Å². The maximum atomic E-state index is 10.1. The van der Waals surface area contributed by atoms with Gasteiger partial charge in [0, 0.05) is 11.9 Å². The molecule has 0 atom stereocenters. The van der Waals surface area contributed by atoms with Gasteiger partial charge >= 0.3 is 80.6 Å². The zero-order chi connectivity index (χ0) is 27.2. The topological polar surface area (TPSA) is 80.3 Å². The van der Waals surface area contributed by atoms with Gasteiger partial charge in [0.05, 0.1) is 0 Å². The van der Waals surface area contributed by atoms with Crippen LogP contribution in [0.3, 0.4) is 0 Å². The van der Waals surface area contributed by atoms with Crippen molar-refractivity contribution in [3.8, 4) is 0 Å². The van der Waals surface area contributed by atoms with Crippen molar-refractivity contribution in [1.29, 1.82) is 0 Å². The van der Waals surface area contributed by atoms with Crippen LogP contribution in [0.1, 0.15) is 170 Å². The number of carboxylic acid groups (broad SMARTS) is 2. The van der Waals surface area contributed by atoms with Gasteiger partial charge in [0.15, 0.2) is 0 Å². The molecule has 4 nitrogen and oxygen atoms in total. The fourth-order valence-corrected chi connectivity index (χ4v) is 7.63. The summed E-state index contributed by atoms with van der Waals surface area (Å²) in [6, 6.07) is 0. The molecule has 0 amide bonds. The van der Waals surface area contributed by atoms with E-state index in [4.69, 9.17) is 0 Å². The van der Waals surface area contributed by atoms with Crippen molar-refractivity contribution in [2.45, 2.75) is 178 Å². The second kappa shape index (κ2) is 37.7. The van der Waals surface area contributed by atoms with Crippen LogP contribution in [0, 0.1) is 0 Å². The Kier molecular flexibility index (Phi) is 45.6. The third-order valence-corrected chi connectivity index (χ3v) is 9.44. The normalized spacial score (nSPS) is 10.0. The molecule has 0 aromatic carbocycles. The number of carbonyl (C=O) groups excluding carboxylic acids is 2. The molecule has 0 aromatic heterocycles. The van der Waals surface area contributed by atoms with Gasteiger partial charge in [0.25, 0.3) is 0 Å². The fourth-order valence-electron chi connectivity index (χ4n) is 3.83. The van der Waals surface area contributed by atoms with Crippen molar-refractivity contribution in [1.82, 2.24) is 0 Å². The standard InChI is InChI=1S/2C12H24O2.2C3H7.2Sn/c2*1-2-3-4-5-6-7-8-9-10-11-12(13)14;2*1-3-2;;/h2*2-11H2,1H3,(H,13,14);2*3H,1-2H3;;/q;;;;+2;+4/p-2. The summed E-state index contributed by atoms with van der Waals surface area (Å²) >= 11 is 0.0389. The summed E-state index contributed by atoms with van der Waals surface area (Å²) in [4.78, 5) is 20.2. The molecule has 0 aliphatic carbocycles. The summed E-state index contributed by atoms with van der Waals surface area (Å²) in [6.45, 7) is 13.8. The predicted molar refractivity (Wildman–Crippen MR) is 155 cm³/mol. The molecule has 0 bridgehead atoms. The third kappa shape index (κ3) is 55.2. The number of aliphatic carboxylic acids is 2. The van der Waals surface area contributed by atoms with Crippen LogP contribution in [0.4, 0.5) is 0 Å². The molecule has 0 fully saturated rings. The molecule has 36 heavy (non-hydrogen) atoms. The Hall–Kier alpha value is 0.537. The van der Waals surface area contributed by atoms with Gasteiger partial charge < -0.3 is 19.8 Å². The maximum Gasteiger partial charge on any atom is 4.00 e. The smallest absolute Gasteiger partial charge is 4.00 e. The third-order valence-electron chi connectivity index (χ3n) is 5.64. The van der Waals surface area contributed by atoms with Crippen LogP contribution in [-0.4, -0.2) is 57.0 Å². The van der Waals surface area contributed by atoms with Gasteiger partial charge in [-0.2, -0.15) is 0 Å². The summed E-state index contributed by atoms with van der Waals surface area (Å²) in [6.07, 6.45) is 22.3. The number of hydrogen-bond donors (Lipinski definition) is 0. The monoisotopic (exact) mass is 724 g/mol. The van der Waals surface area contributed by atoms with Crippen LogP contribution >= 0.6 is 0 Å². The number of carboxylic acids is 2. The Morgan fingerprint density at radius 2 is 0.722 bits per heavy atom. The van der Waals surface area contributed by atoms with Gasteiger partial charge in [-0.1, -0.05) is 117 Å². The average Bonchev–Trinajstić information content (AvgIpc) is 2.76. The molecule has 208 valence electrons. The Bertz CT molecular complexity index is 391. The van der Waals surface area contributed by atoms with Gasteiger partial charge in [0.1, 0.15) is 0 Å². The van der Waals surface area contributed by atoms with Crippen molar-refractivity contribution in [3.63, 3.8) is 0 Å². The van der Waals surface area contributed by atoms with Crippen molar-refractivity contribution in [3.05, 3.63) is 0 Å². The number of rotatable bonds is 22. The van der Waals surface area contributed by atoms with Crippen LogP contribution in [-0.2, 0) is 9.59 Å². The van der Waals surface area contributed by atoms with Crippen LogP contribution in [0.25, 0.3) is 0 Å². The van der Waals surface area contributed by atoms with E-state index in [9.17, 15) is 19.8 Å². The first-order valence-electron chi connectivity index (χ1n) is 14.8. The number of hydrogen-bond acceptors (Lipinski definition) is 4. The SMILES string of the molecule is CCCCCCCCCCCC(=O)[O-].CCCCCCCCCCCC(=O)[O-].C[CH](C)[Sn+2][CH](C)C.[Sn+4]. The zero-order valence-electron chi connectivity index (χ0n) is 24.9. The van der Waals surface area contributed by atoms with Gasteiger partial charge in [-0.3, -0.25) is 0 Å². The molecule has 0 aliphatic rings. The molecular formula is C30H60O4Sn2+4. The van der Waals surface area contributed by atoms with Crippen LogP contribution in [0.5, 0.6) is 0 Å². The zero-order valence-corrected chi connectivity index (χ0v) is 30.6. The second-order valence-corrected chi connectivity index (χ2v) is 17.9. The largest absolute Gasteiger partial charge is 4.00 e. The second-order valence-electron chi connectivity index (χ2n) is 10.4. The minimum atomic E-state index is -0.909. The van der Waals surface area contributed by atoms with Gasteiger partial charge in [0.2, 0.25) is 0 Å². The van der Waals surface area contributed by atoms with Crippen molar-refractivity contribution < 1.29 is 19.8 Å². The van der Waals surface area contributed by atoms with E-state index < -0.39 is 11.9 Å². The van der Waals surface area contributed by atoms with E-state index in [0.717, 1.165) is 33.6 Å². The van der Waals surface area contributed by atoms with Gasteiger partial charge in [-0.15, -0.1) is 0 Å². The molecule has 0 heterocycles. The van der Waals surface area contributed by atoms with Crippen molar-refractivity contribution in [2.24, 2.45) is 0 Å². The molecule has 0 aliphatic heterocycles. The Balaban J connectivity index is -0.000000222. The quantitative estimate of drug-likeness (QED) is 0.0870. The van der Waals surface area contributed by atoms with E-state index in [-0.39, 0.29) is 57.9 Å². The number of carbonyl (C=O) groups is 2. The molecule has 0 N–H and O–H groups in total. The Morgan fingerprint density at radius 1 is 0.500 bits per heavy atom. The Morgan fingerprint density at radius 3 is 0.889 bits per heavy atom. The van der Waals surface area contributed by atoms with Gasteiger partial charge in [-0.25, -0.2) is 0 Å². The van der Waals surface area contributed by atoms with E-state index in [1.54, 1.807) is 0 Å².